The Hall–Kier alpha value is -0.440. The summed E-state index contributed by atoms with van der Waals surface area (Å²) in [6, 6.07) is 6.18. The van der Waals surface area contributed by atoms with Crippen LogP contribution in [0.15, 0.2) is 30.9 Å². The number of benzene rings is 1. The number of thioether (sulfide) groups is 1. The maximum atomic E-state index is 6.13. The van der Waals surface area contributed by atoms with Crippen LogP contribution in [0.5, 0.6) is 0 Å². The molecule has 1 aromatic rings. The molecule has 0 amide bonds. The van der Waals surface area contributed by atoms with Crippen LogP contribution in [-0.2, 0) is 6.54 Å². The number of halogens is 1. The minimum Gasteiger partial charge on any atom is -0.312 e. The van der Waals surface area contributed by atoms with Crippen molar-refractivity contribution >= 4 is 23.4 Å². The van der Waals surface area contributed by atoms with E-state index in [2.05, 4.69) is 31.0 Å². The number of hydrogen-bond donors (Lipinski definition) is 1. The molecule has 0 spiro atoms. The van der Waals surface area contributed by atoms with Crippen molar-refractivity contribution in [3.63, 3.8) is 0 Å². The zero-order valence-corrected chi connectivity index (χ0v) is 11.2. The van der Waals surface area contributed by atoms with Crippen molar-refractivity contribution in [1.29, 1.82) is 0 Å². The molecule has 0 saturated carbocycles. The molecule has 0 heterocycles. The highest BCUT2D eigenvalue weighted by Gasteiger charge is 1.99. The van der Waals surface area contributed by atoms with Gasteiger partial charge < -0.3 is 5.32 Å². The normalized spacial score (nSPS) is 10.4. The van der Waals surface area contributed by atoms with Crippen molar-refractivity contribution in [2.45, 2.75) is 13.5 Å². The highest BCUT2D eigenvalue weighted by molar-refractivity contribution is 7.99. The molecule has 1 aromatic carbocycles. The maximum absolute atomic E-state index is 6.13. The van der Waals surface area contributed by atoms with Gasteiger partial charge in [-0.25, -0.2) is 0 Å². The fraction of sp³-hybridized carbons (Fsp3) is 0.385. The first-order chi connectivity index (χ1) is 7.74. The third-order valence-corrected chi connectivity index (χ3v) is 3.50. The lowest BCUT2D eigenvalue weighted by molar-refractivity contribution is 0.732. The Morgan fingerprint density at radius 1 is 1.50 bits per heavy atom. The van der Waals surface area contributed by atoms with Crippen LogP contribution in [0.3, 0.4) is 0 Å². The molecule has 0 aliphatic heterocycles. The van der Waals surface area contributed by atoms with Gasteiger partial charge in [-0.3, -0.25) is 0 Å². The maximum Gasteiger partial charge on any atom is 0.0453 e. The van der Waals surface area contributed by atoms with Crippen LogP contribution in [0.2, 0.25) is 5.02 Å². The Morgan fingerprint density at radius 2 is 2.31 bits per heavy atom. The minimum absolute atomic E-state index is 0.841. The monoisotopic (exact) mass is 255 g/mol. The molecule has 0 aromatic heterocycles. The third kappa shape index (κ3) is 5.06. The molecule has 0 fully saturated rings. The fourth-order valence-electron chi connectivity index (χ4n) is 1.33. The molecule has 1 rings (SSSR count). The lowest BCUT2D eigenvalue weighted by Crippen LogP contribution is -2.16. The predicted molar refractivity (Wildman–Crippen MR) is 75.4 cm³/mol. The lowest BCUT2D eigenvalue weighted by Gasteiger charge is -2.07. The van der Waals surface area contributed by atoms with Crippen molar-refractivity contribution in [2.75, 3.05) is 18.1 Å². The largest absolute Gasteiger partial charge is 0.312 e. The summed E-state index contributed by atoms with van der Waals surface area (Å²) in [5, 5.41) is 4.23. The van der Waals surface area contributed by atoms with E-state index in [1.54, 1.807) is 0 Å². The zero-order chi connectivity index (χ0) is 11.8. The van der Waals surface area contributed by atoms with E-state index in [1.807, 2.05) is 23.9 Å². The number of hydrogen-bond acceptors (Lipinski definition) is 2. The van der Waals surface area contributed by atoms with Crippen molar-refractivity contribution in [2.24, 2.45) is 0 Å². The molecule has 0 radical (unpaired) electrons. The van der Waals surface area contributed by atoms with Gasteiger partial charge in [0.15, 0.2) is 0 Å². The van der Waals surface area contributed by atoms with Gasteiger partial charge in [-0.15, -0.1) is 6.58 Å². The minimum atomic E-state index is 0.841. The van der Waals surface area contributed by atoms with Gasteiger partial charge >= 0.3 is 0 Å². The van der Waals surface area contributed by atoms with Crippen LogP contribution in [0.1, 0.15) is 11.1 Å². The van der Waals surface area contributed by atoms with E-state index in [0.717, 1.165) is 29.6 Å². The first-order valence-electron chi connectivity index (χ1n) is 5.38. The van der Waals surface area contributed by atoms with Crippen molar-refractivity contribution in [3.8, 4) is 0 Å². The summed E-state index contributed by atoms with van der Waals surface area (Å²) in [6.07, 6.45) is 1.93. The van der Waals surface area contributed by atoms with Gasteiger partial charge in [-0.2, -0.15) is 11.8 Å². The molecule has 0 aliphatic rings. The average molecular weight is 256 g/mol. The second-order valence-corrected chi connectivity index (χ2v) is 5.19. The summed E-state index contributed by atoms with van der Waals surface area (Å²) in [5.74, 6) is 2.13. The molecule has 0 bridgehead atoms. The topological polar surface area (TPSA) is 12.0 Å². The van der Waals surface area contributed by atoms with Gasteiger partial charge in [0.2, 0.25) is 0 Å². The highest BCUT2D eigenvalue weighted by Crippen LogP contribution is 2.17. The van der Waals surface area contributed by atoms with Crippen LogP contribution in [0, 0.1) is 6.92 Å². The van der Waals surface area contributed by atoms with Crippen molar-refractivity contribution in [1.82, 2.24) is 5.32 Å². The van der Waals surface area contributed by atoms with E-state index in [4.69, 9.17) is 11.6 Å². The molecule has 1 N–H and O–H groups in total. The Kier molecular flexibility index (Phi) is 6.62. The standard InChI is InChI=1S/C13H18ClNS/c1-3-7-16-8-6-15-10-12-5-4-11(2)9-13(12)14/h3-5,9,15H,1,6-8,10H2,2H3. The molecular formula is C13H18ClNS. The smallest absolute Gasteiger partial charge is 0.0453 e. The molecular weight excluding hydrogens is 238 g/mol. The Labute approximate surface area is 107 Å². The SMILES string of the molecule is C=CCSCCNCc1ccc(C)cc1Cl. The van der Waals surface area contributed by atoms with Gasteiger partial charge in [0.25, 0.3) is 0 Å². The summed E-state index contributed by atoms with van der Waals surface area (Å²) in [4.78, 5) is 0. The van der Waals surface area contributed by atoms with Crippen LogP contribution < -0.4 is 5.32 Å². The van der Waals surface area contributed by atoms with Crippen LogP contribution in [0.4, 0.5) is 0 Å². The van der Waals surface area contributed by atoms with E-state index < -0.39 is 0 Å². The molecule has 0 atom stereocenters. The summed E-state index contributed by atoms with van der Waals surface area (Å²) in [6.45, 7) is 7.58. The highest BCUT2D eigenvalue weighted by atomic mass is 35.5. The zero-order valence-electron chi connectivity index (χ0n) is 9.63. The molecule has 0 aliphatic carbocycles. The van der Waals surface area contributed by atoms with Gasteiger partial charge in [-0.05, 0) is 24.1 Å². The molecule has 0 saturated heterocycles. The summed E-state index contributed by atoms with van der Waals surface area (Å²) < 4.78 is 0. The van der Waals surface area contributed by atoms with Crippen molar-refractivity contribution in [3.05, 3.63) is 47.0 Å². The predicted octanol–water partition coefficient (Wildman–Crippen LogP) is 3.66. The number of rotatable bonds is 7. The average Bonchev–Trinajstić information content (AvgIpc) is 2.26. The number of nitrogens with one attached hydrogen (secondary N) is 1. The van der Waals surface area contributed by atoms with Crippen LogP contribution in [-0.4, -0.2) is 18.1 Å². The lowest BCUT2D eigenvalue weighted by atomic mass is 10.1. The van der Waals surface area contributed by atoms with Gasteiger partial charge in [0, 0.05) is 29.6 Å². The van der Waals surface area contributed by atoms with E-state index >= 15 is 0 Å². The molecule has 3 heteroatoms. The summed E-state index contributed by atoms with van der Waals surface area (Å²) in [5.41, 5.74) is 2.37. The Morgan fingerprint density at radius 3 is 3.00 bits per heavy atom. The summed E-state index contributed by atoms with van der Waals surface area (Å²) in [7, 11) is 0. The molecule has 0 unspecified atom stereocenters. The number of aryl methyl sites for hydroxylation is 1. The van der Waals surface area contributed by atoms with E-state index in [9.17, 15) is 0 Å². The molecule has 16 heavy (non-hydrogen) atoms. The van der Waals surface area contributed by atoms with Crippen molar-refractivity contribution < 1.29 is 0 Å². The Bertz CT molecular complexity index is 339. The first kappa shape index (κ1) is 13.6. The quantitative estimate of drug-likeness (QED) is 0.590. The van der Waals surface area contributed by atoms with E-state index in [-0.39, 0.29) is 0 Å². The fourth-order valence-corrected chi connectivity index (χ4v) is 2.25. The van der Waals surface area contributed by atoms with Gasteiger partial charge in [-0.1, -0.05) is 29.8 Å². The van der Waals surface area contributed by atoms with Gasteiger partial charge in [0.1, 0.15) is 0 Å². The first-order valence-corrected chi connectivity index (χ1v) is 6.91. The van der Waals surface area contributed by atoms with E-state index in [1.165, 1.54) is 11.1 Å². The van der Waals surface area contributed by atoms with Crippen LogP contribution in [0.25, 0.3) is 0 Å². The Balaban J connectivity index is 2.24. The van der Waals surface area contributed by atoms with E-state index in [0.29, 0.717) is 0 Å². The molecule has 88 valence electrons. The second kappa shape index (κ2) is 7.77. The van der Waals surface area contributed by atoms with Gasteiger partial charge in [0.05, 0.1) is 0 Å². The second-order valence-electron chi connectivity index (χ2n) is 3.64. The summed E-state index contributed by atoms with van der Waals surface area (Å²) >= 11 is 8.02. The van der Waals surface area contributed by atoms with Crippen LogP contribution >= 0.6 is 23.4 Å². The molecule has 1 nitrogen and oxygen atoms in total. The third-order valence-electron chi connectivity index (χ3n) is 2.18.